The zero-order chi connectivity index (χ0) is 48.1. The third kappa shape index (κ3) is 8.95. The molecule has 0 spiro atoms. The minimum absolute atomic E-state index is 0.937. The lowest BCUT2D eigenvalue weighted by molar-refractivity contribution is 1.33. The summed E-state index contributed by atoms with van der Waals surface area (Å²) >= 11 is 0. The SMILES string of the molecule is c1ccc(-c2ccc(-c3cc(-c4ccccn4)ccc3-c3ccccc3-c3cc(-c4ccccc4-c4ccc(-c5ccccn5)cc4)cc(-c4ccccc4-c4ccc(-c5ccccn5)cc4)c3)cc2)cc1. The number of hydrogen-bond acceptors (Lipinski definition) is 3. The van der Waals surface area contributed by atoms with Crippen LogP contribution in [0.15, 0.2) is 286 Å². The van der Waals surface area contributed by atoms with Gasteiger partial charge in [-0.3, -0.25) is 15.0 Å². The average Bonchev–Trinajstić information content (AvgIpc) is 3.48. The van der Waals surface area contributed by atoms with Gasteiger partial charge in [-0.1, -0.05) is 206 Å². The second-order valence-corrected chi connectivity index (χ2v) is 17.9. The van der Waals surface area contributed by atoms with Crippen LogP contribution in [0, 0.1) is 0 Å². The quantitative estimate of drug-likeness (QED) is 0.130. The van der Waals surface area contributed by atoms with Crippen LogP contribution in [0.1, 0.15) is 0 Å². The summed E-state index contributed by atoms with van der Waals surface area (Å²) in [4.78, 5) is 14.0. The molecule has 0 saturated carbocycles. The van der Waals surface area contributed by atoms with Crippen LogP contribution in [0.4, 0.5) is 0 Å². The fourth-order valence-corrected chi connectivity index (χ4v) is 9.93. The third-order valence-electron chi connectivity index (χ3n) is 13.5. The first kappa shape index (κ1) is 43.7. The molecule has 3 heterocycles. The summed E-state index contributed by atoms with van der Waals surface area (Å²) in [5.74, 6) is 0. The highest BCUT2D eigenvalue weighted by molar-refractivity contribution is 5.97. The Kier molecular flexibility index (Phi) is 12.0. The highest BCUT2D eigenvalue weighted by atomic mass is 14.7. The lowest BCUT2D eigenvalue weighted by Crippen LogP contribution is -1.94. The van der Waals surface area contributed by atoms with Crippen LogP contribution in [0.25, 0.3) is 123 Å². The number of benzene rings is 9. The Balaban J connectivity index is 1.03. The van der Waals surface area contributed by atoms with Crippen molar-refractivity contribution in [3.8, 4) is 123 Å². The van der Waals surface area contributed by atoms with E-state index in [1.807, 2.05) is 48.9 Å². The molecule has 0 amide bonds. The molecular formula is C69H47N3. The van der Waals surface area contributed by atoms with E-state index in [0.717, 1.165) is 112 Å². The molecule has 12 rings (SSSR count). The second-order valence-electron chi connectivity index (χ2n) is 17.9. The number of rotatable bonds is 11. The molecule has 0 saturated heterocycles. The summed E-state index contributed by atoms with van der Waals surface area (Å²) < 4.78 is 0. The molecule has 9 aromatic carbocycles. The number of hydrogen-bond donors (Lipinski definition) is 0. The van der Waals surface area contributed by atoms with Gasteiger partial charge < -0.3 is 0 Å². The number of aromatic nitrogens is 3. The molecule has 3 nitrogen and oxygen atoms in total. The molecule has 0 unspecified atom stereocenters. The Morgan fingerprint density at radius 1 is 0.153 bits per heavy atom. The van der Waals surface area contributed by atoms with E-state index in [-0.39, 0.29) is 0 Å². The Morgan fingerprint density at radius 3 is 0.875 bits per heavy atom. The van der Waals surface area contributed by atoms with Gasteiger partial charge in [0.05, 0.1) is 17.1 Å². The predicted molar refractivity (Wildman–Crippen MR) is 300 cm³/mol. The summed E-state index contributed by atoms with van der Waals surface area (Å²) in [7, 11) is 0. The highest BCUT2D eigenvalue weighted by Gasteiger charge is 2.19. The van der Waals surface area contributed by atoms with Gasteiger partial charge >= 0.3 is 0 Å². The first-order valence-electron chi connectivity index (χ1n) is 24.4. The highest BCUT2D eigenvalue weighted by Crippen LogP contribution is 2.45. The first-order valence-corrected chi connectivity index (χ1v) is 24.4. The van der Waals surface area contributed by atoms with Crippen LogP contribution in [-0.2, 0) is 0 Å². The average molecular weight is 918 g/mol. The van der Waals surface area contributed by atoms with Gasteiger partial charge in [0.15, 0.2) is 0 Å². The molecule has 0 bridgehead atoms. The summed E-state index contributed by atoms with van der Waals surface area (Å²) in [5.41, 5.74) is 24.5. The van der Waals surface area contributed by atoms with Crippen molar-refractivity contribution in [2.75, 3.05) is 0 Å². The first-order chi connectivity index (χ1) is 35.7. The van der Waals surface area contributed by atoms with Gasteiger partial charge in [0.2, 0.25) is 0 Å². The molecule has 0 N–H and O–H groups in total. The van der Waals surface area contributed by atoms with Crippen molar-refractivity contribution < 1.29 is 0 Å². The van der Waals surface area contributed by atoms with Gasteiger partial charge in [-0.05, 0) is 150 Å². The Bertz CT molecular complexity index is 3650. The molecule has 3 heteroatoms. The Morgan fingerprint density at radius 2 is 0.444 bits per heavy atom. The summed E-state index contributed by atoms with van der Waals surface area (Å²) in [5, 5.41) is 0. The fraction of sp³-hybridized carbons (Fsp3) is 0. The van der Waals surface area contributed by atoms with Crippen molar-refractivity contribution in [2.24, 2.45) is 0 Å². The van der Waals surface area contributed by atoms with E-state index in [4.69, 9.17) is 4.98 Å². The van der Waals surface area contributed by atoms with E-state index in [2.05, 4.69) is 247 Å². The second kappa shape index (κ2) is 19.8. The normalized spacial score (nSPS) is 11.1. The minimum Gasteiger partial charge on any atom is -0.256 e. The van der Waals surface area contributed by atoms with E-state index in [0.29, 0.717) is 0 Å². The van der Waals surface area contributed by atoms with Gasteiger partial charge in [-0.25, -0.2) is 0 Å². The third-order valence-corrected chi connectivity index (χ3v) is 13.5. The largest absolute Gasteiger partial charge is 0.256 e. The van der Waals surface area contributed by atoms with Gasteiger partial charge in [0, 0.05) is 35.3 Å². The summed E-state index contributed by atoms with van der Waals surface area (Å²) in [6.45, 7) is 0. The van der Waals surface area contributed by atoms with E-state index in [1.54, 1.807) is 0 Å². The molecule has 0 atom stereocenters. The van der Waals surface area contributed by atoms with Gasteiger partial charge in [0.25, 0.3) is 0 Å². The smallest absolute Gasteiger partial charge is 0.0702 e. The molecule has 338 valence electrons. The van der Waals surface area contributed by atoms with Crippen molar-refractivity contribution >= 4 is 0 Å². The molecule has 0 aliphatic carbocycles. The molecule has 12 aromatic rings. The van der Waals surface area contributed by atoms with Crippen LogP contribution < -0.4 is 0 Å². The van der Waals surface area contributed by atoms with Crippen LogP contribution in [0.3, 0.4) is 0 Å². The van der Waals surface area contributed by atoms with Crippen LogP contribution >= 0.6 is 0 Å². The molecule has 3 aromatic heterocycles. The van der Waals surface area contributed by atoms with E-state index < -0.39 is 0 Å². The maximum atomic E-state index is 4.77. The van der Waals surface area contributed by atoms with Gasteiger partial charge in [-0.2, -0.15) is 0 Å². The van der Waals surface area contributed by atoms with Crippen LogP contribution in [0.2, 0.25) is 0 Å². The Labute approximate surface area is 421 Å². The maximum absolute atomic E-state index is 4.77. The van der Waals surface area contributed by atoms with Crippen LogP contribution in [0.5, 0.6) is 0 Å². The molecule has 0 fully saturated rings. The molecule has 0 aliphatic rings. The van der Waals surface area contributed by atoms with Gasteiger partial charge in [0.1, 0.15) is 0 Å². The monoisotopic (exact) mass is 917 g/mol. The van der Waals surface area contributed by atoms with Crippen molar-refractivity contribution in [3.05, 3.63) is 286 Å². The number of pyridine rings is 3. The predicted octanol–water partition coefficient (Wildman–Crippen LogP) is 18.2. The van der Waals surface area contributed by atoms with Crippen molar-refractivity contribution in [3.63, 3.8) is 0 Å². The topological polar surface area (TPSA) is 38.7 Å². The van der Waals surface area contributed by atoms with E-state index in [9.17, 15) is 0 Å². The van der Waals surface area contributed by atoms with Crippen molar-refractivity contribution in [1.29, 1.82) is 0 Å². The zero-order valence-corrected chi connectivity index (χ0v) is 39.5. The standard InChI is InChI=1S/C69H47N3/c1-2-16-48(17-3-1)49-27-29-52(30-28-49)66-47-55(69-26-12-15-43-72-69)39-40-65(66)64-23-9-8-22-63(64)58-45-56(61-20-6-4-18-59(61)50-31-35-53(36-32-50)67-24-10-13-41-70-67)44-57(46-58)62-21-7-5-19-60(62)51-33-37-54(38-34-51)68-25-11-14-42-71-68/h1-47H. The van der Waals surface area contributed by atoms with E-state index in [1.165, 1.54) is 11.1 Å². The maximum Gasteiger partial charge on any atom is 0.0702 e. The molecular weight excluding hydrogens is 871 g/mol. The minimum atomic E-state index is 0.937. The zero-order valence-electron chi connectivity index (χ0n) is 39.5. The van der Waals surface area contributed by atoms with Crippen molar-refractivity contribution in [1.82, 2.24) is 15.0 Å². The molecule has 0 aliphatic heterocycles. The summed E-state index contributed by atoms with van der Waals surface area (Å²) in [6, 6.07) is 95.7. The molecule has 0 radical (unpaired) electrons. The lowest BCUT2D eigenvalue weighted by Gasteiger charge is -2.19. The Hall–Kier alpha value is -9.57. The van der Waals surface area contributed by atoms with Crippen molar-refractivity contribution in [2.45, 2.75) is 0 Å². The summed E-state index contributed by atoms with van der Waals surface area (Å²) in [6.07, 6.45) is 5.55. The van der Waals surface area contributed by atoms with Crippen LogP contribution in [-0.4, -0.2) is 15.0 Å². The number of nitrogens with zero attached hydrogens (tertiary/aromatic N) is 3. The lowest BCUT2D eigenvalue weighted by atomic mass is 9.84. The van der Waals surface area contributed by atoms with E-state index >= 15 is 0 Å². The molecule has 72 heavy (non-hydrogen) atoms. The fourth-order valence-electron chi connectivity index (χ4n) is 9.93. The van der Waals surface area contributed by atoms with Gasteiger partial charge in [-0.15, -0.1) is 0 Å².